The van der Waals surface area contributed by atoms with Gasteiger partial charge in [0.2, 0.25) is 5.82 Å². The molecule has 0 radical (unpaired) electrons. The minimum absolute atomic E-state index is 0.269. The van der Waals surface area contributed by atoms with Crippen LogP contribution in [0.5, 0.6) is 0 Å². The van der Waals surface area contributed by atoms with Crippen LogP contribution in [0.1, 0.15) is 10.4 Å². The van der Waals surface area contributed by atoms with Crippen molar-refractivity contribution in [3.05, 3.63) is 39.4 Å². The number of nitrogens with zero attached hydrogens (tertiary/aromatic N) is 1. The Balaban J connectivity index is 2.93. The van der Waals surface area contributed by atoms with Gasteiger partial charge in [-0.05, 0) is 6.07 Å². The third kappa shape index (κ3) is 4.18. The van der Waals surface area contributed by atoms with E-state index >= 15 is 0 Å². The first kappa shape index (κ1) is 17.0. The van der Waals surface area contributed by atoms with E-state index in [2.05, 4.69) is 26.0 Å². The van der Waals surface area contributed by atoms with Gasteiger partial charge < -0.3 is 10.1 Å². The van der Waals surface area contributed by atoms with Gasteiger partial charge in [0.15, 0.2) is 0 Å². The van der Waals surface area contributed by atoms with Crippen molar-refractivity contribution in [2.24, 2.45) is 0 Å². The number of amides is 1. The van der Waals surface area contributed by atoms with Crippen LogP contribution in [0.2, 0.25) is 0 Å². The number of ether oxygens (including phenoxy) is 1. The fourth-order valence-electron chi connectivity index (χ4n) is 1.36. The molecule has 0 aliphatic carbocycles. The van der Waals surface area contributed by atoms with Crippen LogP contribution in [0.25, 0.3) is 0 Å². The Kier molecular flexibility index (Phi) is 5.70. The number of halogens is 3. The molecule has 0 aliphatic rings. The van der Waals surface area contributed by atoms with Gasteiger partial charge in [-0.1, -0.05) is 15.9 Å². The molecule has 1 aromatic rings. The molecule has 10 heteroatoms. The van der Waals surface area contributed by atoms with Crippen molar-refractivity contribution in [2.45, 2.75) is 4.83 Å². The molecule has 0 heterocycles. The van der Waals surface area contributed by atoms with E-state index in [1.54, 1.807) is 0 Å². The Bertz CT molecular complexity index is 596. The number of hydrogen-bond acceptors (Lipinski definition) is 5. The number of hydrogen-bond donors (Lipinski definition) is 1. The molecule has 1 amide bonds. The summed E-state index contributed by atoms with van der Waals surface area (Å²) in [5.74, 6) is -4.36. The summed E-state index contributed by atoms with van der Waals surface area (Å²) in [4.78, 5) is 31.3. The standard InChI is InChI=1S/C11H9BrF2N2O5/c1-21-11(18)7(12)4-15-10(17)6-2-5(13)3-8(9(6)14)16(19)20/h2-3,7H,4H2,1H3,(H,15,17). The highest BCUT2D eigenvalue weighted by Crippen LogP contribution is 2.22. The lowest BCUT2D eigenvalue weighted by Crippen LogP contribution is -2.34. The number of methoxy groups -OCH3 is 1. The fraction of sp³-hybridized carbons (Fsp3) is 0.273. The first-order valence-electron chi connectivity index (χ1n) is 5.41. The van der Waals surface area contributed by atoms with Crippen molar-refractivity contribution in [2.75, 3.05) is 13.7 Å². The van der Waals surface area contributed by atoms with Crippen molar-refractivity contribution >= 4 is 33.5 Å². The van der Waals surface area contributed by atoms with Crippen LogP contribution in [0.15, 0.2) is 12.1 Å². The molecule has 7 nitrogen and oxygen atoms in total. The Hall–Kier alpha value is -2.10. The van der Waals surface area contributed by atoms with Crippen LogP contribution in [0, 0.1) is 21.7 Å². The summed E-state index contributed by atoms with van der Waals surface area (Å²) in [5.41, 5.74) is -1.98. The van der Waals surface area contributed by atoms with Gasteiger partial charge in [0.05, 0.1) is 23.7 Å². The molecule has 0 aliphatic heterocycles. The normalized spacial score (nSPS) is 11.6. The van der Waals surface area contributed by atoms with Gasteiger partial charge in [0.1, 0.15) is 10.6 Å². The monoisotopic (exact) mass is 366 g/mol. The number of rotatable bonds is 5. The number of alkyl halides is 1. The maximum atomic E-state index is 13.7. The van der Waals surface area contributed by atoms with Crippen LogP contribution in [-0.4, -0.2) is 35.3 Å². The second kappa shape index (κ2) is 7.07. The van der Waals surface area contributed by atoms with Gasteiger partial charge in [-0.15, -0.1) is 0 Å². The molecule has 1 unspecified atom stereocenters. The summed E-state index contributed by atoms with van der Waals surface area (Å²) in [6.07, 6.45) is 0. The Morgan fingerprint density at radius 3 is 2.62 bits per heavy atom. The number of nitro groups is 1. The fourth-order valence-corrected chi connectivity index (χ4v) is 1.71. The quantitative estimate of drug-likeness (QED) is 0.368. The molecule has 1 N–H and O–H groups in total. The number of carbonyl (C=O) groups is 2. The summed E-state index contributed by atoms with van der Waals surface area (Å²) >= 11 is 2.91. The van der Waals surface area contributed by atoms with Crippen molar-refractivity contribution in [3.8, 4) is 0 Å². The topological polar surface area (TPSA) is 98.5 Å². The van der Waals surface area contributed by atoms with Crippen LogP contribution < -0.4 is 5.32 Å². The molecule has 0 fully saturated rings. The van der Waals surface area contributed by atoms with Gasteiger partial charge in [0, 0.05) is 6.54 Å². The van der Waals surface area contributed by atoms with Gasteiger partial charge in [-0.3, -0.25) is 19.7 Å². The summed E-state index contributed by atoms with van der Waals surface area (Å²) < 4.78 is 31.3. The molecule has 0 spiro atoms. The zero-order valence-electron chi connectivity index (χ0n) is 10.6. The van der Waals surface area contributed by atoms with Crippen LogP contribution in [0.3, 0.4) is 0 Å². The van der Waals surface area contributed by atoms with Gasteiger partial charge in [0.25, 0.3) is 5.91 Å². The van der Waals surface area contributed by atoms with E-state index in [4.69, 9.17) is 0 Å². The number of benzene rings is 1. The molecule has 1 atom stereocenters. The molecule has 1 aromatic carbocycles. The Morgan fingerprint density at radius 2 is 2.10 bits per heavy atom. The minimum Gasteiger partial charge on any atom is -0.468 e. The van der Waals surface area contributed by atoms with E-state index in [1.165, 1.54) is 0 Å². The zero-order chi connectivity index (χ0) is 16.2. The highest BCUT2D eigenvalue weighted by Gasteiger charge is 2.25. The lowest BCUT2D eigenvalue weighted by Gasteiger charge is -2.10. The average molecular weight is 367 g/mol. The molecule has 114 valence electrons. The minimum atomic E-state index is -1.46. The van der Waals surface area contributed by atoms with Crippen LogP contribution in [0.4, 0.5) is 14.5 Å². The maximum absolute atomic E-state index is 13.7. The third-order valence-corrected chi connectivity index (χ3v) is 3.06. The average Bonchev–Trinajstić information content (AvgIpc) is 2.45. The second-order valence-corrected chi connectivity index (χ2v) is 4.85. The SMILES string of the molecule is COC(=O)C(Br)CNC(=O)c1cc(F)cc([N+](=O)[O-])c1F. The molecular weight excluding hydrogens is 358 g/mol. The smallest absolute Gasteiger partial charge is 0.321 e. The molecule has 0 bridgehead atoms. The van der Waals surface area contributed by atoms with Crippen molar-refractivity contribution in [1.29, 1.82) is 0 Å². The van der Waals surface area contributed by atoms with Gasteiger partial charge >= 0.3 is 11.7 Å². The van der Waals surface area contributed by atoms with Crippen LogP contribution >= 0.6 is 15.9 Å². The Labute approximate surface area is 125 Å². The highest BCUT2D eigenvalue weighted by atomic mass is 79.9. The maximum Gasteiger partial charge on any atom is 0.321 e. The number of nitrogens with one attached hydrogen (secondary N) is 1. The predicted octanol–water partition coefficient (Wildman–Crippen LogP) is 1.54. The van der Waals surface area contributed by atoms with E-state index in [0.717, 1.165) is 7.11 Å². The predicted molar refractivity (Wildman–Crippen MR) is 70.1 cm³/mol. The van der Waals surface area contributed by atoms with Gasteiger partial charge in [-0.25, -0.2) is 4.39 Å². The van der Waals surface area contributed by atoms with Gasteiger partial charge in [-0.2, -0.15) is 4.39 Å². The molecule has 21 heavy (non-hydrogen) atoms. The lowest BCUT2D eigenvalue weighted by molar-refractivity contribution is -0.387. The molecule has 1 rings (SSSR count). The Morgan fingerprint density at radius 1 is 1.48 bits per heavy atom. The molecule has 0 aromatic heterocycles. The number of carbonyl (C=O) groups excluding carboxylic acids is 2. The van der Waals surface area contributed by atoms with Crippen molar-refractivity contribution in [3.63, 3.8) is 0 Å². The summed E-state index contributed by atoms with van der Waals surface area (Å²) in [6.45, 7) is -0.269. The second-order valence-electron chi connectivity index (χ2n) is 3.74. The molecular formula is C11H9BrF2N2O5. The summed E-state index contributed by atoms with van der Waals surface area (Å²) in [7, 11) is 1.13. The van der Waals surface area contributed by atoms with Crippen molar-refractivity contribution < 1.29 is 28.0 Å². The zero-order valence-corrected chi connectivity index (χ0v) is 12.1. The largest absolute Gasteiger partial charge is 0.468 e. The highest BCUT2D eigenvalue weighted by molar-refractivity contribution is 9.10. The first-order valence-corrected chi connectivity index (χ1v) is 6.33. The summed E-state index contributed by atoms with van der Waals surface area (Å²) in [6, 6.07) is 0.896. The summed E-state index contributed by atoms with van der Waals surface area (Å²) in [5, 5.41) is 12.7. The molecule has 0 saturated heterocycles. The number of esters is 1. The molecule has 0 saturated carbocycles. The van der Waals surface area contributed by atoms with E-state index < -0.39 is 44.5 Å². The van der Waals surface area contributed by atoms with E-state index in [0.29, 0.717) is 12.1 Å². The van der Waals surface area contributed by atoms with Crippen LogP contribution in [-0.2, 0) is 9.53 Å². The van der Waals surface area contributed by atoms with E-state index in [1.807, 2.05) is 0 Å². The van der Waals surface area contributed by atoms with E-state index in [-0.39, 0.29) is 6.54 Å². The third-order valence-electron chi connectivity index (χ3n) is 2.36. The van der Waals surface area contributed by atoms with Crippen molar-refractivity contribution in [1.82, 2.24) is 5.32 Å². The first-order chi connectivity index (χ1) is 9.77. The van der Waals surface area contributed by atoms with E-state index in [9.17, 15) is 28.5 Å². The lowest BCUT2D eigenvalue weighted by atomic mass is 10.1. The number of nitro benzene ring substituents is 1.